The first kappa shape index (κ1) is 25.3. The van der Waals surface area contributed by atoms with E-state index in [1.807, 2.05) is 56.3 Å². The van der Waals surface area contributed by atoms with E-state index in [2.05, 4.69) is 5.32 Å². The fourth-order valence-corrected chi connectivity index (χ4v) is 3.24. The van der Waals surface area contributed by atoms with Gasteiger partial charge < -0.3 is 19.5 Å². The van der Waals surface area contributed by atoms with Crippen LogP contribution in [0.2, 0.25) is 0 Å². The first-order chi connectivity index (χ1) is 15.4. The van der Waals surface area contributed by atoms with Crippen LogP contribution in [-0.2, 0) is 35.0 Å². The second kappa shape index (κ2) is 13.5. The number of nitrogens with one attached hydrogen (secondary N) is 1. The molecule has 4 atom stereocenters. The van der Waals surface area contributed by atoms with E-state index in [1.165, 1.54) is 0 Å². The van der Waals surface area contributed by atoms with Crippen molar-refractivity contribution in [2.75, 3.05) is 20.3 Å². The van der Waals surface area contributed by atoms with E-state index in [9.17, 15) is 14.4 Å². The quantitative estimate of drug-likeness (QED) is 0.571. The van der Waals surface area contributed by atoms with Crippen LogP contribution < -0.4 is 5.32 Å². The molecular formula is C25H33NO6. The van der Waals surface area contributed by atoms with E-state index in [0.29, 0.717) is 6.42 Å². The standard InChI is InChI=1S/C25H33NO6/c1-18-9-7-14-24(28)31-17-22(30-3)19(2)10-8-13-23(27)26-21(25(29)32-16-18)15-20-11-5-4-6-12-20/h4-12,18-19,21-22H,13-17H2,1-3H3,(H,26,27)/b9-7+,10-8+/t18-,19-,21+,22-/m1/s1. The molecule has 1 heterocycles. The van der Waals surface area contributed by atoms with Crippen molar-refractivity contribution >= 4 is 17.8 Å². The highest BCUT2D eigenvalue weighted by Crippen LogP contribution is 2.12. The summed E-state index contributed by atoms with van der Waals surface area (Å²) >= 11 is 0. The van der Waals surface area contributed by atoms with E-state index in [-0.39, 0.29) is 55.9 Å². The van der Waals surface area contributed by atoms with E-state index in [0.717, 1.165) is 5.56 Å². The van der Waals surface area contributed by atoms with Gasteiger partial charge >= 0.3 is 11.9 Å². The Kier molecular flexibility index (Phi) is 10.7. The number of benzene rings is 1. The van der Waals surface area contributed by atoms with Crippen LogP contribution in [0.1, 0.15) is 32.3 Å². The van der Waals surface area contributed by atoms with Crippen LogP contribution in [-0.4, -0.2) is 50.3 Å². The molecule has 1 aliphatic rings. The topological polar surface area (TPSA) is 90.9 Å². The van der Waals surface area contributed by atoms with Gasteiger partial charge in [0.1, 0.15) is 12.6 Å². The zero-order valence-corrected chi connectivity index (χ0v) is 19.0. The van der Waals surface area contributed by atoms with Gasteiger partial charge in [0.2, 0.25) is 5.91 Å². The molecule has 0 fully saturated rings. The van der Waals surface area contributed by atoms with Gasteiger partial charge in [-0.15, -0.1) is 0 Å². The second-order valence-electron chi connectivity index (χ2n) is 8.00. The normalized spacial score (nSPS) is 28.4. The lowest BCUT2D eigenvalue weighted by atomic mass is 10.0. The molecule has 0 bridgehead atoms. The van der Waals surface area contributed by atoms with Crippen molar-refractivity contribution in [2.24, 2.45) is 11.8 Å². The van der Waals surface area contributed by atoms with E-state index in [4.69, 9.17) is 14.2 Å². The molecule has 2 rings (SSSR count). The molecule has 0 spiro atoms. The number of cyclic esters (lactones) is 2. The molecule has 1 amide bonds. The largest absolute Gasteiger partial charge is 0.464 e. The molecule has 1 aromatic rings. The van der Waals surface area contributed by atoms with Gasteiger partial charge in [-0.05, 0) is 5.56 Å². The zero-order chi connectivity index (χ0) is 23.3. The van der Waals surface area contributed by atoms with Crippen LogP contribution in [0.25, 0.3) is 0 Å². The van der Waals surface area contributed by atoms with Crippen LogP contribution in [0.4, 0.5) is 0 Å². The molecule has 0 unspecified atom stereocenters. The van der Waals surface area contributed by atoms with Crippen LogP contribution in [0.5, 0.6) is 0 Å². The Balaban J connectivity index is 2.15. The van der Waals surface area contributed by atoms with Crippen molar-refractivity contribution in [3.63, 3.8) is 0 Å². The number of carbonyl (C=O) groups is 3. The fourth-order valence-electron chi connectivity index (χ4n) is 3.24. The summed E-state index contributed by atoms with van der Waals surface area (Å²) < 4.78 is 16.2. The van der Waals surface area contributed by atoms with E-state index >= 15 is 0 Å². The number of esters is 2. The molecule has 7 heteroatoms. The predicted molar refractivity (Wildman–Crippen MR) is 121 cm³/mol. The molecule has 174 valence electrons. The predicted octanol–water partition coefficient (Wildman–Crippen LogP) is 2.99. The molecule has 1 aliphatic heterocycles. The average molecular weight is 444 g/mol. The third-order valence-corrected chi connectivity index (χ3v) is 5.18. The maximum atomic E-state index is 12.7. The third-order valence-electron chi connectivity index (χ3n) is 5.18. The number of carbonyl (C=O) groups excluding carboxylic acids is 3. The van der Waals surface area contributed by atoms with Crippen molar-refractivity contribution in [2.45, 2.75) is 45.3 Å². The maximum Gasteiger partial charge on any atom is 0.329 e. The van der Waals surface area contributed by atoms with Crippen molar-refractivity contribution in [3.8, 4) is 0 Å². The summed E-state index contributed by atoms with van der Waals surface area (Å²) in [5.41, 5.74) is 0.926. The molecular weight excluding hydrogens is 410 g/mol. The molecule has 7 nitrogen and oxygen atoms in total. The summed E-state index contributed by atoms with van der Waals surface area (Å²) in [5.74, 6) is -1.28. The molecule has 0 saturated heterocycles. The van der Waals surface area contributed by atoms with Crippen molar-refractivity contribution in [1.82, 2.24) is 5.32 Å². The van der Waals surface area contributed by atoms with Gasteiger partial charge in [0.05, 0.1) is 19.1 Å². The Morgan fingerprint density at radius 2 is 1.69 bits per heavy atom. The highest BCUT2D eigenvalue weighted by molar-refractivity contribution is 5.85. The monoisotopic (exact) mass is 443 g/mol. The molecule has 0 aromatic heterocycles. The molecule has 0 radical (unpaired) electrons. The number of amides is 1. The number of ether oxygens (including phenoxy) is 3. The third kappa shape index (κ3) is 9.06. The van der Waals surface area contributed by atoms with Gasteiger partial charge in [0.25, 0.3) is 0 Å². The zero-order valence-electron chi connectivity index (χ0n) is 19.0. The number of hydrogen-bond acceptors (Lipinski definition) is 6. The van der Waals surface area contributed by atoms with Gasteiger partial charge in [-0.25, -0.2) is 4.79 Å². The van der Waals surface area contributed by atoms with Gasteiger partial charge in [0.15, 0.2) is 0 Å². The maximum absolute atomic E-state index is 12.7. The van der Waals surface area contributed by atoms with Crippen LogP contribution in [0.3, 0.4) is 0 Å². The van der Waals surface area contributed by atoms with Gasteiger partial charge in [-0.2, -0.15) is 0 Å². The first-order valence-electron chi connectivity index (χ1n) is 10.9. The summed E-state index contributed by atoms with van der Waals surface area (Å²) in [5, 5.41) is 2.80. The van der Waals surface area contributed by atoms with E-state index in [1.54, 1.807) is 19.3 Å². The van der Waals surface area contributed by atoms with Gasteiger partial charge in [-0.3, -0.25) is 9.59 Å². The molecule has 1 aromatic carbocycles. The van der Waals surface area contributed by atoms with E-state index < -0.39 is 12.0 Å². The Morgan fingerprint density at radius 1 is 0.969 bits per heavy atom. The summed E-state index contributed by atoms with van der Waals surface area (Å²) in [7, 11) is 1.56. The van der Waals surface area contributed by atoms with Crippen molar-refractivity contribution in [1.29, 1.82) is 0 Å². The highest BCUT2D eigenvalue weighted by Gasteiger charge is 2.23. The Bertz CT molecular complexity index is 804. The van der Waals surface area contributed by atoms with Crippen molar-refractivity contribution in [3.05, 3.63) is 60.2 Å². The first-order valence-corrected chi connectivity index (χ1v) is 10.9. The number of methoxy groups -OCH3 is 1. The molecule has 1 N–H and O–H groups in total. The van der Waals surface area contributed by atoms with Crippen LogP contribution in [0.15, 0.2) is 54.6 Å². The van der Waals surface area contributed by atoms with Gasteiger partial charge in [-0.1, -0.05) is 68.5 Å². The molecule has 0 aliphatic carbocycles. The Hall–Kier alpha value is -2.93. The Labute approximate surface area is 189 Å². The summed E-state index contributed by atoms with van der Waals surface area (Å²) in [6.45, 7) is 4.08. The summed E-state index contributed by atoms with van der Waals surface area (Å²) in [6.07, 6.45) is 7.35. The lowest BCUT2D eigenvalue weighted by Gasteiger charge is -2.20. The molecule has 0 saturated carbocycles. The lowest BCUT2D eigenvalue weighted by Crippen LogP contribution is -2.43. The number of hydrogen-bond donors (Lipinski definition) is 1. The highest BCUT2D eigenvalue weighted by atomic mass is 16.6. The SMILES string of the molecule is CO[C@@H]1COC(=O)C/C=C/[C@@H](C)COC(=O)[C@H](Cc2ccccc2)NC(=O)C/C=C/[C@H]1C. The molecule has 32 heavy (non-hydrogen) atoms. The Morgan fingerprint density at radius 3 is 2.41 bits per heavy atom. The smallest absolute Gasteiger partial charge is 0.329 e. The van der Waals surface area contributed by atoms with Crippen LogP contribution >= 0.6 is 0 Å². The minimum atomic E-state index is -0.785. The van der Waals surface area contributed by atoms with Crippen LogP contribution in [0, 0.1) is 11.8 Å². The average Bonchev–Trinajstić information content (AvgIpc) is 2.77. The number of rotatable bonds is 3. The lowest BCUT2D eigenvalue weighted by molar-refractivity contribution is -0.149. The van der Waals surface area contributed by atoms with Crippen molar-refractivity contribution < 1.29 is 28.6 Å². The second-order valence-corrected chi connectivity index (χ2v) is 8.00. The summed E-state index contributed by atoms with van der Waals surface area (Å²) in [6, 6.07) is 8.69. The summed E-state index contributed by atoms with van der Waals surface area (Å²) in [4.78, 5) is 37.2. The minimum absolute atomic E-state index is 0.0693. The fraction of sp³-hybridized carbons (Fsp3) is 0.480. The minimum Gasteiger partial charge on any atom is -0.464 e. The van der Waals surface area contributed by atoms with Gasteiger partial charge in [0, 0.05) is 31.8 Å².